The molecule has 0 aliphatic carbocycles. The summed E-state index contributed by atoms with van der Waals surface area (Å²) < 4.78 is 2.06. The average molecular weight is 602 g/mol. The van der Waals surface area contributed by atoms with E-state index in [1.165, 1.54) is 13.0 Å². The van der Waals surface area contributed by atoms with Crippen LogP contribution in [0.15, 0.2) is 114 Å². The van der Waals surface area contributed by atoms with Crippen molar-refractivity contribution in [1.29, 1.82) is 0 Å². The Kier molecular flexibility index (Phi) is 9.78. The second-order valence-electron chi connectivity index (χ2n) is 9.93. The zero-order valence-corrected chi connectivity index (χ0v) is 25.2. The summed E-state index contributed by atoms with van der Waals surface area (Å²) in [6, 6.07) is 31.5. The smallest absolute Gasteiger partial charge is 0.255 e. The number of amides is 2. The molecule has 0 spiro atoms. The number of benzene rings is 4. The van der Waals surface area contributed by atoms with Crippen molar-refractivity contribution in [3.8, 4) is 11.4 Å². The predicted octanol–water partition coefficient (Wildman–Crippen LogP) is 7.36. The lowest BCUT2D eigenvalue weighted by Crippen LogP contribution is -2.11. The van der Waals surface area contributed by atoms with Gasteiger partial charge in [0.05, 0.1) is 0 Å². The highest BCUT2D eigenvalue weighted by Crippen LogP contribution is 2.27. The third-order valence-electron chi connectivity index (χ3n) is 6.80. The zero-order valence-electron chi connectivity index (χ0n) is 24.4. The van der Waals surface area contributed by atoms with E-state index in [2.05, 4.69) is 25.4 Å². The molecule has 4 aromatic carbocycles. The summed E-state index contributed by atoms with van der Waals surface area (Å²) in [5, 5.41) is 15.4. The van der Waals surface area contributed by atoms with Gasteiger partial charge in [-0.05, 0) is 91.7 Å². The van der Waals surface area contributed by atoms with Gasteiger partial charge in [0.1, 0.15) is 0 Å². The van der Waals surface area contributed by atoms with Crippen LogP contribution in [0, 0.1) is 0 Å². The molecule has 2 N–H and O–H groups in total. The highest BCUT2D eigenvalue weighted by molar-refractivity contribution is 7.98. The minimum Gasteiger partial charge on any atom is -0.323 e. The van der Waals surface area contributed by atoms with Gasteiger partial charge in [-0.3, -0.25) is 14.4 Å². The molecule has 0 bridgehead atoms. The molecule has 0 aliphatic rings. The lowest BCUT2D eigenvalue weighted by Gasteiger charge is -2.09. The van der Waals surface area contributed by atoms with Gasteiger partial charge in [-0.25, -0.2) is 0 Å². The first-order valence-corrected chi connectivity index (χ1v) is 15.1. The molecule has 1 heterocycles. The van der Waals surface area contributed by atoms with Gasteiger partial charge in [-0.15, -0.1) is 10.2 Å². The summed E-state index contributed by atoms with van der Waals surface area (Å²) in [5.74, 6) is 0.971. The summed E-state index contributed by atoms with van der Waals surface area (Å²) in [7, 11) is 0. The second-order valence-corrected chi connectivity index (χ2v) is 10.9. The van der Waals surface area contributed by atoms with Crippen molar-refractivity contribution < 1.29 is 14.4 Å². The number of hydrogen-bond donors (Lipinski definition) is 2. The van der Waals surface area contributed by atoms with E-state index in [1.54, 1.807) is 54.2 Å². The number of Topliss-reactive ketones (excluding diaryl/α,β-unsaturated/α-hetero) is 1. The predicted molar refractivity (Wildman–Crippen MR) is 176 cm³/mol. The van der Waals surface area contributed by atoms with Crippen molar-refractivity contribution in [2.75, 3.05) is 10.6 Å². The summed E-state index contributed by atoms with van der Waals surface area (Å²) in [4.78, 5) is 36.5. The minimum atomic E-state index is -0.218. The third kappa shape index (κ3) is 7.76. The first kappa shape index (κ1) is 30.2. The fraction of sp³-hybridized carbons (Fsp3) is 0.114. The number of anilines is 2. The molecule has 0 fully saturated rings. The molecule has 8 nitrogen and oxygen atoms in total. The van der Waals surface area contributed by atoms with Gasteiger partial charge in [0, 0.05) is 46.4 Å². The average Bonchev–Trinajstić information content (AvgIpc) is 3.47. The van der Waals surface area contributed by atoms with Crippen molar-refractivity contribution in [3.05, 3.63) is 131 Å². The van der Waals surface area contributed by atoms with Gasteiger partial charge < -0.3 is 15.2 Å². The SMILES string of the molecule is CCn1c(SCc2ccc(C(=O)Nc3ccc(C(C)=O)cc3)cc2)nnc1-c1ccc(NC(=O)C=Cc2ccccc2)cc1. The molecule has 5 rings (SSSR count). The van der Waals surface area contributed by atoms with Crippen molar-refractivity contribution in [2.24, 2.45) is 0 Å². The lowest BCUT2D eigenvalue weighted by atomic mass is 10.1. The van der Waals surface area contributed by atoms with E-state index < -0.39 is 0 Å². The van der Waals surface area contributed by atoms with E-state index >= 15 is 0 Å². The van der Waals surface area contributed by atoms with E-state index in [0.717, 1.165) is 27.7 Å². The first-order chi connectivity index (χ1) is 21.4. The van der Waals surface area contributed by atoms with Crippen LogP contribution in [-0.2, 0) is 17.1 Å². The van der Waals surface area contributed by atoms with Crippen molar-refractivity contribution in [3.63, 3.8) is 0 Å². The maximum atomic E-state index is 12.7. The number of thioether (sulfide) groups is 1. The first-order valence-electron chi connectivity index (χ1n) is 14.1. The molecule has 0 unspecified atom stereocenters. The molecule has 5 aromatic rings. The Balaban J connectivity index is 1.17. The van der Waals surface area contributed by atoms with Crippen LogP contribution in [0.25, 0.3) is 17.5 Å². The van der Waals surface area contributed by atoms with Crippen molar-refractivity contribution >= 4 is 46.8 Å². The lowest BCUT2D eigenvalue weighted by molar-refractivity contribution is -0.111. The van der Waals surface area contributed by atoms with Gasteiger partial charge in [0.15, 0.2) is 16.8 Å². The molecule has 2 amide bonds. The Morgan fingerprint density at radius 2 is 1.41 bits per heavy atom. The Morgan fingerprint density at radius 1 is 0.773 bits per heavy atom. The van der Waals surface area contributed by atoms with Gasteiger partial charge in [0.25, 0.3) is 5.91 Å². The Hall–Kier alpha value is -5.28. The molecule has 0 atom stereocenters. The van der Waals surface area contributed by atoms with Gasteiger partial charge in [0.2, 0.25) is 5.91 Å². The van der Waals surface area contributed by atoms with Crippen molar-refractivity contribution in [2.45, 2.75) is 31.3 Å². The standard InChI is InChI=1S/C35H31N5O3S/c1-3-40-33(28-16-20-30(21-17-28)36-32(42)22-11-25-7-5-4-6-8-25)38-39-35(40)44-23-26-9-12-29(13-10-26)34(43)37-31-18-14-27(15-19-31)24(2)41/h4-22H,3,23H2,1-2H3,(H,36,42)(H,37,43). The number of nitrogens with one attached hydrogen (secondary N) is 2. The molecule has 220 valence electrons. The highest BCUT2D eigenvalue weighted by atomic mass is 32.2. The number of rotatable bonds is 11. The van der Waals surface area contributed by atoms with E-state index in [4.69, 9.17) is 0 Å². The van der Waals surface area contributed by atoms with Gasteiger partial charge in [-0.2, -0.15) is 0 Å². The monoisotopic (exact) mass is 601 g/mol. The molecule has 9 heteroatoms. The zero-order chi connectivity index (χ0) is 30.9. The highest BCUT2D eigenvalue weighted by Gasteiger charge is 2.14. The minimum absolute atomic E-state index is 0.0195. The van der Waals surface area contributed by atoms with E-state index in [9.17, 15) is 14.4 Å². The summed E-state index contributed by atoms with van der Waals surface area (Å²) in [6.07, 6.45) is 3.29. The fourth-order valence-corrected chi connectivity index (χ4v) is 5.37. The maximum absolute atomic E-state index is 12.7. The quantitative estimate of drug-likeness (QED) is 0.0931. The normalized spacial score (nSPS) is 11.0. The van der Waals surface area contributed by atoms with Crippen LogP contribution in [0.3, 0.4) is 0 Å². The Morgan fingerprint density at radius 3 is 2.07 bits per heavy atom. The number of aromatic nitrogens is 3. The molecule has 0 saturated carbocycles. The van der Waals surface area contributed by atoms with Crippen LogP contribution >= 0.6 is 11.8 Å². The number of ketones is 1. The largest absolute Gasteiger partial charge is 0.323 e. The molecule has 1 aromatic heterocycles. The Bertz CT molecular complexity index is 1780. The van der Waals surface area contributed by atoms with Crippen molar-refractivity contribution in [1.82, 2.24) is 14.8 Å². The number of hydrogen-bond acceptors (Lipinski definition) is 6. The fourth-order valence-electron chi connectivity index (χ4n) is 4.41. The van der Waals surface area contributed by atoms with Crippen LogP contribution in [0.5, 0.6) is 0 Å². The van der Waals surface area contributed by atoms with Crippen LogP contribution in [0.1, 0.15) is 45.7 Å². The van der Waals surface area contributed by atoms with E-state index in [-0.39, 0.29) is 17.6 Å². The van der Waals surface area contributed by atoms with Gasteiger partial charge in [-0.1, -0.05) is 54.2 Å². The summed E-state index contributed by atoms with van der Waals surface area (Å²) in [6.45, 7) is 4.25. The molecular formula is C35H31N5O3S. The molecule has 44 heavy (non-hydrogen) atoms. The van der Waals surface area contributed by atoms with Crippen LogP contribution in [-0.4, -0.2) is 32.4 Å². The molecule has 0 saturated heterocycles. The topological polar surface area (TPSA) is 106 Å². The van der Waals surface area contributed by atoms with E-state index in [0.29, 0.717) is 34.8 Å². The van der Waals surface area contributed by atoms with Crippen LogP contribution < -0.4 is 10.6 Å². The number of nitrogens with zero attached hydrogens (tertiary/aromatic N) is 3. The molecule has 0 radical (unpaired) electrons. The summed E-state index contributed by atoms with van der Waals surface area (Å²) >= 11 is 1.57. The summed E-state index contributed by atoms with van der Waals surface area (Å²) in [5.41, 5.74) is 5.37. The number of carbonyl (C=O) groups is 3. The second kappa shape index (κ2) is 14.3. The molecular weight excluding hydrogens is 570 g/mol. The number of carbonyl (C=O) groups excluding carboxylic acids is 3. The van der Waals surface area contributed by atoms with Crippen LogP contribution in [0.2, 0.25) is 0 Å². The third-order valence-corrected chi connectivity index (χ3v) is 7.84. The van der Waals surface area contributed by atoms with Gasteiger partial charge >= 0.3 is 0 Å². The maximum Gasteiger partial charge on any atom is 0.255 e. The Labute approximate surface area is 260 Å². The molecule has 0 aliphatic heterocycles. The van der Waals surface area contributed by atoms with Crippen LogP contribution in [0.4, 0.5) is 11.4 Å². The van der Waals surface area contributed by atoms with E-state index in [1.807, 2.05) is 73.7 Å².